The Bertz CT molecular complexity index is 1190. The second kappa shape index (κ2) is 9.59. The topological polar surface area (TPSA) is 91.0 Å². The molecule has 0 atom stereocenters. The Morgan fingerprint density at radius 2 is 1.91 bits per heavy atom. The third-order valence-corrected chi connectivity index (χ3v) is 6.61. The molecule has 0 spiro atoms. The van der Waals surface area contributed by atoms with Gasteiger partial charge in [0.15, 0.2) is 5.82 Å². The number of H-pyrrole nitrogens is 1. The lowest BCUT2D eigenvalue weighted by Crippen LogP contribution is -2.37. The van der Waals surface area contributed by atoms with Gasteiger partial charge in [-0.25, -0.2) is 4.98 Å². The molecular weight excluding hydrogens is 434 g/mol. The van der Waals surface area contributed by atoms with Gasteiger partial charge in [-0.2, -0.15) is 5.10 Å². The van der Waals surface area contributed by atoms with Crippen molar-refractivity contribution in [3.63, 3.8) is 0 Å². The Morgan fingerprint density at radius 3 is 2.58 bits per heavy atom. The molecule has 0 radical (unpaired) electrons. The molecule has 33 heavy (non-hydrogen) atoms. The number of hydrogen-bond acceptors (Lipinski definition) is 5. The van der Waals surface area contributed by atoms with Crippen LogP contribution in [0.5, 0.6) is 0 Å². The highest BCUT2D eigenvalue weighted by molar-refractivity contribution is 7.10. The average Bonchev–Trinajstić information content (AvgIpc) is 3.48. The van der Waals surface area contributed by atoms with Crippen molar-refractivity contribution in [1.82, 2.24) is 20.1 Å². The van der Waals surface area contributed by atoms with Crippen molar-refractivity contribution in [2.45, 2.75) is 44.9 Å². The van der Waals surface area contributed by atoms with Crippen LogP contribution in [0.15, 0.2) is 41.8 Å². The summed E-state index contributed by atoms with van der Waals surface area (Å²) in [6, 6.07) is 11.3. The molecule has 0 aliphatic carbocycles. The van der Waals surface area contributed by atoms with E-state index < -0.39 is 0 Å². The number of likely N-dealkylation sites (tertiary alicyclic amines) is 1. The van der Waals surface area contributed by atoms with Crippen molar-refractivity contribution in [3.8, 4) is 11.8 Å². The van der Waals surface area contributed by atoms with Crippen LogP contribution in [0.1, 0.15) is 66.3 Å². The fourth-order valence-corrected chi connectivity index (χ4v) is 4.56. The van der Waals surface area contributed by atoms with E-state index in [1.54, 1.807) is 10.3 Å². The van der Waals surface area contributed by atoms with Crippen LogP contribution in [0.3, 0.4) is 0 Å². The van der Waals surface area contributed by atoms with Crippen molar-refractivity contribution < 1.29 is 9.59 Å². The molecule has 170 valence electrons. The van der Waals surface area contributed by atoms with E-state index in [0.29, 0.717) is 24.6 Å². The molecule has 0 saturated carbocycles. The predicted molar refractivity (Wildman–Crippen MR) is 129 cm³/mol. The molecule has 8 heteroatoms. The number of nitrogens with one attached hydrogen (secondary N) is 2. The van der Waals surface area contributed by atoms with Crippen molar-refractivity contribution in [1.29, 1.82) is 0 Å². The van der Waals surface area contributed by atoms with Crippen molar-refractivity contribution in [2.75, 3.05) is 18.4 Å². The summed E-state index contributed by atoms with van der Waals surface area (Å²) in [5, 5.41) is 12.7. The standard InChI is InChI=1S/C25H27N5O2S/c1-25(2,3)20-15-21(29-28-20)27-23(32)19-16-33-24(26-19)18-11-13-30(14-12-18)22(31)10-9-17-7-5-4-6-8-17/h4-8,15-16,18H,11-14H2,1-3H3,(H2,27,28,29,32). The first-order valence-corrected chi connectivity index (χ1v) is 11.9. The molecule has 2 amide bonds. The van der Waals surface area contributed by atoms with E-state index >= 15 is 0 Å². The maximum Gasteiger partial charge on any atom is 0.298 e. The number of aromatic amines is 1. The van der Waals surface area contributed by atoms with Crippen LogP contribution < -0.4 is 5.32 Å². The number of anilines is 1. The van der Waals surface area contributed by atoms with Gasteiger partial charge in [-0.3, -0.25) is 14.7 Å². The van der Waals surface area contributed by atoms with Gasteiger partial charge >= 0.3 is 0 Å². The molecule has 3 heterocycles. The molecule has 1 fully saturated rings. The molecule has 1 aromatic carbocycles. The quantitative estimate of drug-likeness (QED) is 0.573. The molecule has 1 aliphatic rings. The van der Waals surface area contributed by atoms with Gasteiger partial charge in [0.2, 0.25) is 0 Å². The summed E-state index contributed by atoms with van der Waals surface area (Å²) in [7, 11) is 0. The highest BCUT2D eigenvalue weighted by Gasteiger charge is 2.26. The Kier molecular flexibility index (Phi) is 6.61. The Morgan fingerprint density at radius 1 is 1.18 bits per heavy atom. The van der Waals surface area contributed by atoms with Gasteiger partial charge in [-0.15, -0.1) is 11.3 Å². The number of nitrogens with zero attached hydrogens (tertiary/aromatic N) is 3. The highest BCUT2D eigenvalue weighted by atomic mass is 32.1. The number of benzene rings is 1. The minimum atomic E-state index is -0.270. The lowest BCUT2D eigenvalue weighted by atomic mass is 9.92. The van der Waals surface area contributed by atoms with Crippen LogP contribution >= 0.6 is 11.3 Å². The van der Waals surface area contributed by atoms with Crippen LogP contribution in [0.2, 0.25) is 0 Å². The molecule has 0 bridgehead atoms. The van der Waals surface area contributed by atoms with E-state index in [1.807, 2.05) is 36.4 Å². The third-order valence-electron chi connectivity index (χ3n) is 5.60. The number of thiazole rings is 1. The summed E-state index contributed by atoms with van der Waals surface area (Å²) in [4.78, 5) is 31.4. The molecular formula is C25H27N5O2S. The van der Waals surface area contributed by atoms with Gasteiger partial charge in [-0.05, 0) is 25.0 Å². The van der Waals surface area contributed by atoms with Gasteiger partial charge in [0.05, 0.1) is 5.01 Å². The zero-order valence-corrected chi connectivity index (χ0v) is 19.8. The van der Waals surface area contributed by atoms with E-state index in [-0.39, 0.29) is 23.1 Å². The predicted octanol–water partition coefficient (Wildman–Crippen LogP) is 4.17. The SMILES string of the molecule is CC(C)(C)c1cc(NC(=O)c2csc(C3CCN(C(=O)C#Cc4ccccc4)CC3)n2)n[nH]1. The maximum absolute atomic E-state index is 12.6. The first-order valence-electron chi connectivity index (χ1n) is 11.0. The first kappa shape index (κ1) is 22.7. The van der Waals surface area contributed by atoms with E-state index in [4.69, 9.17) is 0 Å². The molecule has 3 aromatic rings. The van der Waals surface area contributed by atoms with Crippen molar-refractivity contribution in [2.24, 2.45) is 0 Å². The summed E-state index contributed by atoms with van der Waals surface area (Å²) < 4.78 is 0. The van der Waals surface area contributed by atoms with Gasteiger partial charge in [0.1, 0.15) is 5.69 Å². The average molecular weight is 462 g/mol. The maximum atomic E-state index is 12.6. The van der Waals surface area contributed by atoms with Crippen molar-refractivity contribution in [3.05, 3.63) is 63.7 Å². The molecule has 1 aliphatic heterocycles. The summed E-state index contributed by atoms with van der Waals surface area (Å²) in [6.07, 6.45) is 1.61. The summed E-state index contributed by atoms with van der Waals surface area (Å²) in [5.74, 6) is 5.97. The monoisotopic (exact) mass is 461 g/mol. The Labute approximate surface area is 197 Å². The van der Waals surface area contributed by atoms with Crippen LogP contribution in [0, 0.1) is 11.8 Å². The van der Waals surface area contributed by atoms with Gasteiger partial charge in [-0.1, -0.05) is 44.9 Å². The van der Waals surface area contributed by atoms with Crippen LogP contribution in [-0.2, 0) is 10.2 Å². The second-order valence-electron chi connectivity index (χ2n) is 9.12. The van der Waals surface area contributed by atoms with Gasteiger partial charge < -0.3 is 10.2 Å². The number of carbonyl (C=O) groups is 2. The van der Waals surface area contributed by atoms with E-state index in [9.17, 15) is 9.59 Å². The molecule has 2 aromatic heterocycles. The third kappa shape index (κ3) is 5.68. The largest absolute Gasteiger partial charge is 0.332 e. The van der Waals surface area contributed by atoms with Crippen LogP contribution in [0.4, 0.5) is 5.82 Å². The fourth-order valence-electron chi connectivity index (χ4n) is 3.59. The number of hydrogen-bond donors (Lipinski definition) is 2. The van der Waals surface area contributed by atoms with E-state index in [1.165, 1.54) is 11.3 Å². The zero-order chi connectivity index (χ0) is 23.4. The van der Waals surface area contributed by atoms with E-state index in [2.05, 4.69) is 53.1 Å². The lowest BCUT2D eigenvalue weighted by Gasteiger charge is -2.29. The number of piperidine rings is 1. The summed E-state index contributed by atoms with van der Waals surface area (Å²) in [6.45, 7) is 7.50. The molecule has 2 N–H and O–H groups in total. The van der Waals surface area contributed by atoms with E-state index in [0.717, 1.165) is 29.1 Å². The number of carbonyl (C=O) groups excluding carboxylic acids is 2. The smallest absolute Gasteiger partial charge is 0.298 e. The van der Waals surface area contributed by atoms with Crippen LogP contribution in [-0.4, -0.2) is 45.0 Å². The van der Waals surface area contributed by atoms with Crippen LogP contribution in [0.25, 0.3) is 0 Å². The van der Waals surface area contributed by atoms with Gasteiger partial charge in [0.25, 0.3) is 11.8 Å². The minimum Gasteiger partial charge on any atom is -0.332 e. The first-order chi connectivity index (χ1) is 15.8. The normalized spacial score (nSPS) is 14.5. The Hall–Kier alpha value is -3.44. The minimum absolute atomic E-state index is 0.0762. The zero-order valence-electron chi connectivity index (χ0n) is 19.0. The number of amides is 2. The summed E-state index contributed by atoms with van der Waals surface area (Å²) in [5.41, 5.74) is 2.10. The Balaban J connectivity index is 1.31. The summed E-state index contributed by atoms with van der Waals surface area (Å²) >= 11 is 1.49. The highest BCUT2D eigenvalue weighted by Crippen LogP contribution is 2.30. The lowest BCUT2D eigenvalue weighted by molar-refractivity contribution is -0.126. The molecule has 4 rings (SSSR count). The van der Waals surface area contributed by atoms with Crippen molar-refractivity contribution >= 4 is 29.0 Å². The number of aromatic nitrogens is 3. The molecule has 7 nitrogen and oxygen atoms in total. The fraction of sp³-hybridized carbons (Fsp3) is 0.360. The second-order valence-corrected chi connectivity index (χ2v) is 10.0. The van der Waals surface area contributed by atoms with Gasteiger partial charge in [0, 0.05) is 53.0 Å². The number of rotatable bonds is 3. The molecule has 0 unspecified atom stereocenters. The molecule has 1 saturated heterocycles.